The Kier molecular flexibility index (Phi) is 5.05. The molecule has 0 amide bonds. The van der Waals surface area contributed by atoms with Gasteiger partial charge in [-0.2, -0.15) is 0 Å². The summed E-state index contributed by atoms with van der Waals surface area (Å²) in [5, 5.41) is 12.6. The monoisotopic (exact) mass is 304 g/mol. The Morgan fingerprint density at radius 3 is 3.09 bits per heavy atom. The summed E-state index contributed by atoms with van der Waals surface area (Å²) in [4.78, 5) is 16.1. The molecule has 0 spiro atoms. The summed E-state index contributed by atoms with van der Waals surface area (Å²) < 4.78 is 5.44. The normalized spacial score (nSPS) is 22.3. The largest absolute Gasteiger partial charge is 0.480 e. The Balaban J connectivity index is 1.55. The first kappa shape index (κ1) is 15.4. The number of aliphatic carboxylic acids is 1. The van der Waals surface area contributed by atoms with Crippen LogP contribution in [0.25, 0.3) is 0 Å². The third-order valence-corrected chi connectivity index (χ3v) is 4.64. The molecule has 2 N–H and O–H groups in total. The highest BCUT2D eigenvalue weighted by Gasteiger charge is 2.24. The van der Waals surface area contributed by atoms with Crippen LogP contribution >= 0.6 is 0 Å². The van der Waals surface area contributed by atoms with Crippen molar-refractivity contribution in [3.05, 3.63) is 29.1 Å². The van der Waals surface area contributed by atoms with Gasteiger partial charge < -0.3 is 9.84 Å². The fourth-order valence-electron chi connectivity index (χ4n) is 3.39. The van der Waals surface area contributed by atoms with E-state index in [0.717, 1.165) is 38.0 Å². The summed E-state index contributed by atoms with van der Waals surface area (Å²) in [6.45, 7) is 2.00. The quantitative estimate of drug-likeness (QED) is 0.840. The second-order valence-corrected chi connectivity index (χ2v) is 6.35. The smallest absolute Gasteiger partial charge is 0.320 e. The molecule has 0 radical (unpaired) electrons. The van der Waals surface area contributed by atoms with Crippen molar-refractivity contribution >= 4 is 5.97 Å². The molecule has 0 aromatic carbocycles. The molecule has 0 saturated carbocycles. The zero-order chi connectivity index (χ0) is 15.4. The van der Waals surface area contributed by atoms with Crippen LogP contribution in [0.4, 0.5) is 0 Å². The van der Waals surface area contributed by atoms with E-state index in [-0.39, 0.29) is 0 Å². The fraction of sp³-hybridized carbons (Fsp3) is 0.647. The maximum absolute atomic E-state index is 11.5. The molecule has 0 bridgehead atoms. The van der Waals surface area contributed by atoms with Gasteiger partial charge in [-0.25, -0.2) is 0 Å². The number of rotatable bonds is 6. The van der Waals surface area contributed by atoms with E-state index in [4.69, 9.17) is 4.74 Å². The first-order valence-corrected chi connectivity index (χ1v) is 8.24. The summed E-state index contributed by atoms with van der Waals surface area (Å²) in [6, 6.07) is 3.62. The van der Waals surface area contributed by atoms with Gasteiger partial charge in [0, 0.05) is 25.5 Å². The number of nitrogens with one attached hydrogen (secondary N) is 1. The van der Waals surface area contributed by atoms with Crippen molar-refractivity contribution in [2.24, 2.45) is 5.92 Å². The standard InChI is InChI=1S/C17H24N2O3/c20-17(21)16(9-12-3-2-8-22-11-12)18-10-14-7-6-13-4-1-5-15(13)19-14/h6-7,12,16,18H,1-5,8-11H2,(H,20,21). The molecule has 3 rings (SSSR count). The molecule has 1 aromatic heterocycles. The summed E-state index contributed by atoms with van der Waals surface area (Å²) in [5.41, 5.74) is 3.47. The highest BCUT2D eigenvalue weighted by Crippen LogP contribution is 2.21. The van der Waals surface area contributed by atoms with Crippen LogP contribution in [0.1, 0.15) is 42.6 Å². The van der Waals surface area contributed by atoms with E-state index in [1.165, 1.54) is 17.7 Å². The first-order chi connectivity index (χ1) is 10.7. The van der Waals surface area contributed by atoms with Gasteiger partial charge in [-0.05, 0) is 56.1 Å². The minimum absolute atomic E-state index is 0.343. The molecular formula is C17H24N2O3. The summed E-state index contributed by atoms with van der Waals surface area (Å²) >= 11 is 0. The average molecular weight is 304 g/mol. The lowest BCUT2D eigenvalue weighted by Crippen LogP contribution is -2.39. The number of carbonyl (C=O) groups is 1. The van der Waals surface area contributed by atoms with Gasteiger partial charge in [-0.1, -0.05) is 6.07 Å². The van der Waals surface area contributed by atoms with Crippen LogP contribution in [0.2, 0.25) is 0 Å². The van der Waals surface area contributed by atoms with Gasteiger partial charge in [0.15, 0.2) is 0 Å². The van der Waals surface area contributed by atoms with Crippen LogP contribution in [0, 0.1) is 5.92 Å². The Morgan fingerprint density at radius 1 is 1.41 bits per heavy atom. The Morgan fingerprint density at radius 2 is 2.32 bits per heavy atom. The zero-order valence-corrected chi connectivity index (χ0v) is 12.9. The molecule has 120 valence electrons. The van der Waals surface area contributed by atoms with Crippen molar-refractivity contribution in [2.75, 3.05) is 13.2 Å². The van der Waals surface area contributed by atoms with Gasteiger partial charge >= 0.3 is 5.97 Å². The summed E-state index contributed by atoms with van der Waals surface area (Å²) in [5.74, 6) is -0.443. The van der Waals surface area contributed by atoms with Gasteiger partial charge in [0.1, 0.15) is 6.04 Å². The highest BCUT2D eigenvalue weighted by atomic mass is 16.5. The van der Waals surface area contributed by atoms with E-state index in [9.17, 15) is 9.90 Å². The molecule has 1 aliphatic carbocycles. The minimum Gasteiger partial charge on any atom is -0.480 e. The number of nitrogens with zero attached hydrogens (tertiary/aromatic N) is 1. The Labute approximate surface area is 131 Å². The van der Waals surface area contributed by atoms with Crippen LogP contribution in [0.3, 0.4) is 0 Å². The second kappa shape index (κ2) is 7.20. The lowest BCUT2D eigenvalue weighted by atomic mass is 9.94. The van der Waals surface area contributed by atoms with Gasteiger partial charge in [0.05, 0.1) is 5.69 Å². The SMILES string of the molecule is O=C(O)C(CC1CCCOC1)NCc1ccc2c(n1)CCC2. The van der Waals surface area contributed by atoms with Gasteiger partial charge in [0.2, 0.25) is 0 Å². The topological polar surface area (TPSA) is 71.5 Å². The van der Waals surface area contributed by atoms with Gasteiger partial charge in [-0.3, -0.25) is 15.1 Å². The summed E-state index contributed by atoms with van der Waals surface area (Å²) in [7, 11) is 0. The van der Waals surface area contributed by atoms with Crippen LogP contribution < -0.4 is 5.32 Å². The summed E-state index contributed by atoms with van der Waals surface area (Å²) in [6.07, 6.45) is 6.06. The maximum atomic E-state index is 11.5. The molecular weight excluding hydrogens is 280 g/mol. The van der Waals surface area contributed by atoms with Crippen LogP contribution in [-0.2, 0) is 28.9 Å². The number of ether oxygens (including phenoxy) is 1. The molecule has 2 aliphatic rings. The molecule has 2 unspecified atom stereocenters. The van der Waals surface area contributed by atoms with Gasteiger partial charge in [-0.15, -0.1) is 0 Å². The van der Waals surface area contributed by atoms with Gasteiger partial charge in [0.25, 0.3) is 0 Å². The lowest BCUT2D eigenvalue weighted by Gasteiger charge is -2.25. The highest BCUT2D eigenvalue weighted by molar-refractivity contribution is 5.73. The molecule has 1 aromatic rings. The molecule has 5 heteroatoms. The third kappa shape index (κ3) is 3.84. The number of carboxylic acids is 1. The maximum Gasteiger partial charge on any atom is 0.320 e. The van der Waals surface area contributed by atoms with E-state index in [2.05, 4.69) is 16.4 Å². The molecule has 5 nitrogen and oxygen atoms in total. The fourth-order valence-corrected chi connectivity index (χ4v) is 3.39. The zero-order valence-electron chi connectivity index (χ0n) is 12.9. The molecule has 1 saturated heterocycles. The first-order valence-electron chi connectivity index (χ1n) is 8.24. The third-order valence-electron chi connectivity index (χ3n) is 4.64. The molecule has 2 atom stereocenters. The molecule has 2 heterocycles. The number of carboxylic acid groups (broad SMARTS) is 1. The molecule has 1 aliphatic heterocycles. The predicted molar refractivity (Wildman–Crippen MR) is 82.7 cm³/mol. The number of fused-ring (bicyclic) bond motifs is 1. The number of hydrogen-bond acceptors (Lipinski definition) is 4. The molecule has 22 heavy (non-hydrogen) atoms. The van der Waals surface area contributed by atoms with Crippen molar-refractivity contribution in [3.63, 3.8) is 0 Å². The minimum atomic E-state index is -0.785. The number of pyridine rings is 1. The Bertz CT molecular complexity index is 527. The van der Waals surface area contributed by atoms with Crippen molar-refractivity contribution in [1.29, 1.82) is 0 Å². The average Bonchev–Trinajstić information content (AvgIpc) is 2.99. The predicted octanol–water partition coefficient (Wildman–Crippen LogP) is 1.93. The van der Waals surface area contributed by atoms with Crippen molar-refractivity contribution in [2.45, 2.75) is 51.1 Å². The second-order valence-electron chi connectivity index (χ2n) is 6.35. The Hall–Kier alpha value is -1.46. The van der Waals surface area contributed by atoms with Crippen LogP contribution in [-0.4, -0.2) is 35.3 Å². The van der Waals surface area contributed by atoms with E-state index < -0.39 is 12.0 Å². The number of aromatic nitrogens is 1. The number of aryl methyl sites for hydroxylation is 2. The molecule has 1 fully saturated rings. The van der Waals surface area contributed by atoms with E-state index >= 15 is 0 Å². The van der Waals surface area contributed by atoms with E-state index in [0.29, 0.717) is 25.5 Å². The van der Waals surface area contributed by atoms with Crippen molar-refractivity contribution in [3.8, 4) is 0 Å². The van der Waals surface area contributed by atoms with E-state index in [1.54, 1.807) is 0 Å². The van der Waals surface area contributed by atoms with Crippen LogP contribution in [0.15, 0.2) is 12.1 Å². The lowest BCUT2D eigenvalue weighted by molar-refractivity contribution is -0.140. The van der Waals surface area contributed by atoms with Crippen molar-refractivity contribution < 1.29 is 14.6 Å². The van der Waals surface area contributed by atoms with Crippen LogP contribution in [0.5, 0.6) is 0 Å². The number of hydrogen-bond donors (Lipinski definition) is 2. The van der Waals surface area contributed by atoms with E-state index in [1.807, 2.05) is 6.07 Å². The van der Waals surface area contributed by atoms with Crippen molar-refractivity contribution in [1.82, 2.24) is 10.3 Å².